The molecule has 1 atom stereocenters. The van der Waals surface area contributed by atoms with E-state index in [-0.39, 0.29) is 17.7 Å². The highest BCUT2D eigenvalue weighted by molar-refractivity contribution is 6.33. The molecule has 1 heterocycles. The fourth-order valence-corrected chi connectivity index (χ4v) is 3.26. The van der Waals surface area contributed by atoms with Crippen molar-refractivity contribution < 1.29 is 14.4 Å². The largest absolute Gasteiger partial charge is 0.323 e. The lowest BCUT2D eigenvalue weighted by atomic mass is 10.1. The van der Waals surface area contributed by atoms with Gasteiger partial charge in [-0.05, 0) is 44.0 Å². The third-order valence-electron chi connectivity index (χ3n) is 4.47. The van der Waals surface area contributed by atoms with Gasteiger partial charge >= 0.3 is 6.03 Å². The zero-order valence-corrected chi connectivity index (χ0v) is 15.6. The van der Waals surface area contributed by atoms with Crippen molar-refractivity contribution in [3.63, 3.8) is 0 Å². The van der Waals surface area contributed by atoms with Crippen LogP contribution in [0.1, 0.15) is 30.1 Å². The summed E-state index contributed by atoms with van der Waals surface area (Å²) in [4.78, 5) is 38.3. The van der Waals surface area contributed by atoms with Gasteiger partial charge in [0.15, 0.2) is 5.78 Å². The molecule has 0 saturated carbocycles. The minimum Gasteiger partial charge on any atom is -0.323 e. The molecule has 0 spiro atoms. The quantitative estimate of drug-likeness (QED) is 0.775. The molecule has 3 rings (SSSR count). The van der Waals surface area contributed by atoms with Crippen molar-refractivity contribution in [2.75, 3.05) is 17.2 Å². The number of nitrogens with zero attached hydrogens (tertiary/aromatic N) is 1. The minimum atomic E-state index is -0.572. The number of para-hydroxylation sites is 1. The SMILES string of the molecule is CC(=O)c1cccc(NC(=O)N2CCC[C@@H]2C(=O)Nc2ccccc2Cl)c1. The van der Waals surface area contributed by atoms with Crippen LogP contribution >= 0.6 is 11.6 Å². The summed E-state index contributed by atoms with van der Waals surface area (Å²) < 4.78 is 0. The average Bonchev–Trinajstić information content (AvgIpc) is 3.14. The molecule has 0 bridgehead atoms. The molecule has 6 nitrogen and oxygen atoms in total. The minimum absolute atomic E-state index is 0.0794. The van der Waals surface area contributed by atoms with E-state index in [4.69, 9.17) is 11.6 Å². The number of nitrogens with one attached hydrogen (secondary N) is 2. The number of ketones is 1. The predicted molar refractivity (Wildman–Crippen MR) is 105 cm³/mol. The Hall–Kier alpha value is -2.86. The number of Topliss-reactive ketones (excluding diaryl/α,β-unsaturated/α-hetero) is 1. The molecule has 27 heavy (non-hydrogen) atoms. The van der Waals surface area contributed by atoms with E-state index in [9.17, 15) is 14.4 Å². The number of amides is 3. The Morgan fingerprint density at radius 2 is 1.85 bits per heavy atom. The lowest BCUT2D eigenvalue weighted by molar-refractivity contribution is -0.119. The lowest BCUT2D eigenvalue weighted by Crippen LogP contribution is -2.45. The van der Waals surface area contributed by atoms with Gasteiger partial charge in [-0.3, -0.25) is 9.59 Å². The number of rotatable bonds is 4. The van der Waals surface area contributed by atoms with E-state index in [0.717, 1.165) is 6.42 Å². The summed E-state index contributed by atoms with van der Waals surface area (Å²) in [6.07, 6.45) is 1.32. The van der Waals surface area contributed by atoms with Gasteiger partial charge in [0.2, 0.25) is 5.91 Å². The van der Waals surface area contributed by atoms with Gasteiger partial charge in [0.05, 0.1) is 10.7 Å². The maximum atomic E-state index is 12.7. The Morgan fingerprint density at radius 1 is 1.07 bits per heavy atom. The zero-order chi connectivity index (χ0) is 19.4. The van der Waals surface area contributed by atoms with Gasteiger partial charge in [0.25, 0.3) is 0 Å². The van der Waals surface area contributed by atoms with Gasteiger partial charge < -0.3 is 15.5 Å². The molecule has 1 fully saturated rings. The number of carbonyl (C=O) groups excluding carboxylic acids is 3. The fourth-order valence-electron chi connectivity index (χ4n) is 3.07. The summed E-state index contributed by atoms with van der Waals surface area (Å²) in [5.41, 5.74) is 1.55. The van der Waals surface area contributed by atoms with Crippen LogP contribution in [0, 0.1) is 0 Å². The molecule has 3 amide bonds. The van der Waals surface area contributed by atoms with Gasteiger partial charge in [-0.15, -0.1) is 0 Å². The molecule has 0 unspecified atom stereocenters. The maximum Gasteiger partial charge on any atom is 0.322 e. The van der Waals surface area contributed by atoms with Gasteiger partial charge in [-0.25, -0.2) is 4.79 Å². The van der Waals surface area contributed by atoms with Crippen LogP contribution in [0.3, 0.4) is 0 Å². The van der Waals surface area contributed by atoms with Gasteiger partial charge in [0, 0.05) is 17.8 Å². The van der Waals surface area contributed by atoms with Crippen molar-refractivity contribution in [1.82, 2.24) is 4.90 Å². The molecule has 1 saturated heterocycles. The topological polar surface area (TPSA) is 78.5 Å². The molecular formula is C20H20ClN3O3. The number of hydrogen-bond donors (Lipinski definition) is 2. The number of anilines is 2. The Labute approximate surface area is 162 Å². The first-order valence-corrected chi connectivity index (χ1v) is 9.07. The van der Waals surface area contributed by atoms with E-state index in [1.54, 1.807) is 48.5 Å². The molecule has 1 aliphatic rings. The second kappa shape index (κ2) is 8.22. The zero-order valence-electron chi connectivity index (χ0n) is 14.9. The maximum absolute atomic E-state index is 12.7. The van der Waals surface area contributed by atoms with Crippen molar-refractivity contribution >= 4 is 40.7 Å². The van der Waals surface area contributed by atoms with E-state index in [1.165, 1.54) is 11.8 Å². The smallest absolute Gasteiger partial charge is 0.322 e. The summed E-state index contributed by atoms with van der Waals surface area (Å²) in [6.45, 7) is 1.95. The Kier molecular flexibility index (Phi) is 5.76. The van der Waals surface area contributed by atoms with Crippen LogP contribution in [-0.4, -0.2) is 35.2 Å². The molecular weight excluding hydrogens is 366 g/mol. The van der Waals surface area contributed by atoms with Crippen LogP contribution < -0.4 is 10.6 Å². The molecule has 140 valence electrons. The standard InChI is InChI=1S/C20H20ClN3O3/c1-13(25)14-6-4-7-15(12-14)22-20(27)24-11-5-10-18(24)19(26)23-17-9-3-2-8-16(17)21/h2-4,6-9,12,18H,5,10-11H2,1H3,(H,22,27)(H,23,26)/t18-/m1/s1. The van der Waals surface area contributed by atoms with Crippen LogP contribution in [0.5, 0.6) is 0 Å². The van der Waals surface area contributed by atoms with Crippen LogP contribution in [0.4, 0.5) is 16.2 Å². The van der Waals surface area contributed by atoms with Gasteiger partial charge in [-0.1, -0.05) is 35.9 Å². The molecule has 0 aromatic heterocycles. The Bertz CT molecular complexity index is 884. The molecule has 0 aliphatic carbocycles. The Morgan fingerprint density at radius 3 is 2.59 bits per heavy atom. The number of carbonyl (C=O) groups is 3. The highest BCUT2D eigenvalue weighted by atomic mass is 35.5. The number of hydrogen-bond acceptors (Lipinski definition) is 3. The second-order valence-corrected chi connectivity index (χ2v) is 6.79. The van der Waals surface area contributed by atoms with Crippen LogP contribution in [-0.2, 0) is 4.79 Å². The van der Waals surface area contributed by atoms with Crippen molar-refractivity contribution in [1.29, 1.82) is 0 Å². The highest BCUT2D eigenvalue weighted by Crippen LogP contribution is 2.24. The van der Waals surface area contributed by atoms with Crippen molar-refractivity contribution in [2.45, 2.75) is 25.8 Å². The highest BCUT2D eigenvalue weighted by Gasteiger charge is 2.34. The summed E-state index contributed by atoms with van der Waals surface area (Å²) in [5.74, 6) is -0.350. The van der Waals surface area contributed by atoms with Crippen molar-refractivity contribution in [2.24, 2.45) is 0 Å². The molecule has 0 radical (unpaired) electrons. The molecule has 1 aliphatic heterocycles. The molecule has 2 aromatic rings. The van der Waals surface area contributed by atoms with Crippen LogP contribution in [0.25, 0.3) is 0 Å². The van der Waals surface area contributed by atoms with Gasteiger partial charge in [0.1, 0.15) is 6.04 Å². The van der Waals surface area contributed by atoms with E-state index < -0.39 is 6.04 Å². The number of urea groups is 1. The second-order valence-electron chi connectivity index (χ2n) is 6.39. The van der Waals surface area contributed by atoms with Crippen molar-refractivity contribution in [3.05, 3.63) is 59.1 Å². The first-order valence-electron chi connectivity index (χ1n) is 8.70. The normalized spacial score (nSPS) is 16.1. The van der Waals surface area contributed by atoms with Gasteiger partial charge in [-0.2, -0.15) is 0 Å². The van der Waals surface area contributed by atoms with E-state index in [2.05, 4.69) is 10.6 Å². The first kappa shape index (κ1) is 18.9. The first-order chi connectivity index (χ1) is 13.0. The molecule has 2 aromatic carbocycles. The number of likely N-dealkylation sites (tertiary alicyclic amines) is 1. The summed E-state index contributed by atoms with van der Waals surface area (Å²) in [6, 6.07) is 12.8. The summed E-state index contributed by atoms with van der Waals surface area (Å²) in [5, 5.41) is 6.00. The summed E-state index contributed by atoms with van der Waals surface area (Å²) >= 11 is 6.09. The number of benzene rings is 2. The van der Waals surface area contributed by atoms with E-state index >= 15 is 0 Å². The van der Waals surface area contributed by atoms with E-state index in [1.807, 2.05) is 0 Å². The predicted octanol–water partition coefficient (Wildman–Crippen LogP) is 4.18. The Balaban J connectivity index is 1.69. The fraction of sp³-hybridized carbons (Fsp3) is 0.250. The lowest BCUT2D eigenvalue weighted by Gasteiger charge is -2.24. The average molecular weight is 386 g/mol. The monoisotopic (exact) mass is 385 g/mol. The third-order valence-corrected chi connectivity index (χ3v) is 4.80. The van der Waals surface area contributed by atoms with Crippen LogP contribution in [0.2, 0.25) is 5.02 Å². The van der Waals surface area contributed by atoms with Crippen LogP contribution in [0.15, 0.2) is 48.5 Å². The summed E-state index contributed by atoms with van der Waals surface area (Å²) in [7, 11) is 0. The third kappa shape index (κ3) is 4.46. The molecule has 2 N–H and O–H groups in total. The van der Waals surface area contributed by atoms with Crippen molar-refractivity contribution in [3.8, 4) is 0 Å². The van der Waals surface area contributed by atoms with E-state index in [0.29, 0.717) is 34.9 Å². The number of halogens is 1. The molecule has 7 heteroatoms.